The van der Waals surface area contributed by atoms with E-state index in [-0.39, 0.29) is 26.0 Å². The van der Waals surface area contributed by atoms with E-state index in [1.165, 1.54) is 0 Å². The van der Waals surface area contributed by atoms with E-state index >= 15 is 0 Å². The van der Waals surface area contributed by atoms with Gasteiger partial charge in [0, 0.05) is 25.8 Å². The third kappa shape index (κ3) is 20.0. The van der Waals surface area contributed by atoms with Gasteiger partial charge in [0.15, 0.2) is 0 Å². The van der Waals surface area contributed by atoms with Gasteiger partial charge in [-0.15, -0.1) is 6.58 Å². The second kappa shape index (κ2) is 22.4. The summed E-state index contributed by atoms with van der Waals surface area (Å²) in [6.07, 6.45) is 4.78. The van der Waals surface area contributed by atoms with E-state index < -0.39 is 12.1 Å². The van der Waals surface area contributed by atoms with Crippen LogP contribution in [-0.2, 0) is 28.5 Å². The molecule has 0 saturated heterocycles. The smallest absolute Gasteiger partial charge is 0.330 e. The maximum absolute atomic E-state index is 10.9. The Morgan fingerprint density at radius 2 is 1.73 bits per heavy atom. The molecule has 0 rings (SSSR count). The van der Waals surface area contributed by atoms with Crippen molar-refractivity contribution in [1.82, 2.24) is 5.32 Å². The minimum atomic E-state index is -0.618. The molecule has 0 aliphatic carbocycles. The fourth-order valence-corrected chi connectivity index (χ4v) is 2.15. The lowest BCUT2D eigenvalue weighted by molar-refractivity contribution is -0.137. The molecular weight excluding hydrogens is 394 g/mol. The van der Waals surface area contributed by atoms with Gasteiger partial charge in [0.25, 0.3) is 0 Å². The van der Waals surface area contributed by atoms with Crippen LogP contribution in [0.1, 0.15) is 25.7 Å². The van der Waals surface area contributed by atoms with Crippen LogP contribution in [0.15, 0.2) is 25.3 Å². The van der Waals surface area contributed by atoms with Crippen LogP contribution in [-0.4, -0.2) is 94.5 Å². The van der Waals surface area contributed by atoms with E-state index in [4.69, 9.17) is 28.8 Å². The zero-order valence-corrected chi connectivity index (χ0v) is 18.0. The number of carbonyl (C=O) groups excluding carboxylic acids is 1. The van der Waals surface area contributed by atoms with Crippen molar-refractivity contribution in [3.63, 3.8) is 0 Å². The number of hydrogen-bond donors (Lipinski definition) is 3. The van der Waals surface area contributed by atoms with Crippen LogP contribution in [0.4, 0.5) is 0 Å². The molecule has 3 N–H and O–H groups in total. The molecule has 2 atom stereocenters. The highest BCUT2D eigenvalue weighted by atomic mass is 16.6. The van der Waals surface area contributed by atoms with Crippen LogP contribution in [0, 0.1) is 0 Å². The fraction of sp³-hybridized carbons (Fsp3) is 0.762. The number of hydrogen-bond acceptors (Lipinski definition) is 9. The molecule has 0 spiro atoms. The molecule has 0 aromatic rings. The van der Waals surface area contributed by atoms with Crippen molar-refractivity contribution in [3.8, 4) is 0 Å². The predicted octanol–water partition coefficient (Wildman–Crippen LogP) is 0.797. The van der Waals surface area contributed by atoms with Crippen LogP contribution < -0.4 is 5.32 Å². The summed E-state index contributed by atoms with van der Waals surface area (Å²) in [6.45, 7) is 10.6. The minimum Gasteiger partial charge on any atom is -0.463 e. The first kappa shape index (κ1) is 28.7. The van der Waals surface area contributed by atoms with E-state index in [0.29, 0.717) is 59.0 Å². The molecule has 0 aliphatic rings. The van der Waals surface area contributed by atoms with Crippen molar-refractivity contribution in [2.75, 3.05) is 66.1 Å². The zero-order valence-electron chi connectivity index (χ0n) is 18.0. The van der Waals surface area contributed by atoms with Crippen LogP contribution >= 0.6 is 0 Å². The van der Waals surface area contributed by atoms with E-state index in [1.54, 1.807) is 6.08 Å². The van der Waals surface area contributed by atoms with Crippen molar-refractivity contribution >= 4 is 5.97 Å². The molecule has 0 heterocycles. The molecule has 9 nitrogen and oxygen atoms in total. The highest BCUT2D eigenvalue weighted by Crippen LogP contribution is 2.01. The Kier molecular flexibility index (Phi) is 21.4. The molecule has 0 radical (unpaired) electrons. The third-order valence-electron chi connectivity index (χ3n) is 3.78. The van der Waals surface area contributed by atoms with Gasteiger partial charge in [-0.05, 0) is 25.7 Å². The highest BCUT2D eigenvalue weighted by molar-refractivity contribution is 5.81. The summed E-state index contributed by atoms with van der Waals surface area (Å²) in [7, 11) is 0. The molecular formula is C21H39NO8. The van der Waals surface area contributed by atoms with E-state index in [0.717, 1.165) is 18.9 Å². The van der Waals surface area contributed by atoms with Crippen molar-refractivity contribution in [3.05, 3.63) is 25.3 Å². The number of unbranched alkanes of at least 4 members (excludes halogenated alkanes) is 1. The summed E-state index contributed by atoms with van der Waals surface area (Å²) in [5.74, 6) is -0.418. The van der Waals surface area contributed by atoms with Crippen LogP contribution in [0.5, 0.6) is 0 Å². The Balaban J connectivity index is 3.83. The Hall–Kier alpha value is -1.33. The number of aliphatic hydroxyl groups excluding tert-OH is 2. The van der Waals surface area contributed by atoms with Gasteiger partial charge in [0.1, 0.15) is 6.10 Å². The van der Waals surface area contributed by atoms with Gasteiger partial charge in [-0.2, -0.15) is 0 Å². The molecule has 0 aromatic carbocycles. The topological polar surface area (TPSA) is 116 Å². The Morgan fingerprint density at radius 3 is 2.43 bits per heavy atom. The average Bonchev–Trinajstić information content (AvgIpc) is 2.75. The van der Waals surface area contributed by atoms with Gasteiger partial charge in [-0.3, -0.25) is 5.32 Å². The van der Waals surface area contributed by atoms with Gasteiger partial charge in [-0.25, -0.2) is 4.79 Å². The standard InChI is InChI=1S/C21H39NO8/c1-3-5-12-29-20(16-26-11-6-7-13-30-21(25)4-2)17-27-14-8-19(24)15-28-18-22-9-10-23/h3-4,19-20,22-24H,1-2,5-18H2. The highest BCUT2D eigenvalue weighted by Gasteiger charge is 2.11. The van der Waals surface area contributed by atoms with E-state index in [9.17, 15) is 9.90 Å². The number of esters is 1. The molecule has 176 valence electrons. The minimum absolute atomic E-state index is 0.0463. The van der Waals surface area contributed by atoms with Crippen molar-refractivity contribution in [1.29, 1.82) is 0 Å². The number of carbonyl (C=O) groups is 1. The summed E-state index contributed by atoms with van der Waals surface area (Å²) in [6, 6.07) is 0. The SMILES string of the molecule is C=CCCOC(COCCCCOC(=O)C=C)COCCC(O)COCNCCO. The number of ether oxygens (including phenoxy) is 5. The largest absolute Gasteiger partial charge is 0.463 e. The molecule has 2 unspecified atom stereocenters. The molecule has 0 bridgehead atoms. The molecule has 0 fully saturated rings. The van der Waals surface area contributed by atoms with Gasteiger partial charge in [-0.1, -0.05) is 12.7 Å². The van der Waals surface area contributed by atoms with Crippen LogP contribution in [0.25, 0.3) is 0 Å². The number of rotatable bonds is 23. The lowest BCUT2D eigenvalue weighted by Gasteiger charge is -2.19. The molecule has 0 aliphatic heterocycles. The number of nitrogens with one attached hydrogen (secondary N) is 1. The lowest BCUT2D eigenvalue weighted by Crippen LogP contribution is -2.28. The molecule has 30 heavy (non-hydrogen) atoms. The summed E-state index contributed by atoms with van der Waals surface area (Å²) in [4.78, 5) is 10.9. The summed E-state index contributed by atoms with van der Waals surface area (Å²) < 4.78 is 27.1. The van der Waals surface area contributed by atoms with Gasteiger partial charge < -0.3 is 33.9 Å². The summed E-state index contributed by atoms with van der Waals surface area (Å²) >= 11 is 0. The summed E-state index contributed by atoms with van der Waals surface area (Å²) in [5.41, 5.74) is 0. The zero-order chi connectivity index (χ0) is 22.3. The van der Waals surface area contributed by atoms with Gasteiger partial charge in [0.2, 0.25) is 0 Å². The average molecular weight is 434 g/mol. The van der Waals surface area contributed by atoms with E-state index in [1.807, 2.05) is 0 Å². The summed E-state index contributed by atoms with van der Waals surface area (Å²) in [5, 5.41) is 21.3. The monoisotopic (exact) mass is 433 g/mol. The first-order valence-corrected chi connectivity index (χ1v) is 10.4. The predicted molar refractivity (Wildman–Crippen MR) is 113 cm³/mol. The second-order valence-corrected chi connectivity index (χ2v) is 6.48. The maximum atomic E-state index is 10.9. The molecule has 0 aromatic heterocycles. The second-order valence-electron chi connectivity index (χ2n) is 6.48. The molecule has 0 saturated carbocycles. The van der Waals surface area contributed by atoms with Gasteiger partial charge >= 0.3 is 5.97 Å². The number of aliphatic hydroxyl groups is 2. The maximum Gasteiger partial charge on any atom is 0.330 e. The van der Waals surface area contributed by atoms with Crippen molar-refractivity contribution in [2.45, 2.75) is 37.9 Å². The molecule has 9 heteroatoms. The van der Waals surface area contributed by atoms with Crippen LogP contribution in [0.3, 0.4) is 0 Å². The first-order valence-electron chi connectivity index (χ1n) is 10.4. The Morgan fingerprint density at radius 1 is 1.00 bits per heavy atom. The van der Waals surface area contributed by atoms with Crippen molar-refractivity contribution in [2.24, 2.45) is 0 Å². The Labute approximate surface area is 180 Å². The van der Waals surface area contributed by atoms with Crippen LogP contribution in [0.2, 0.25) is 0 Å². The Bertz CT molecular complexity index is 422. The lowest BCUT2D eigenvalue weighted by atomic mass is 10.3. The van der Waals surface area contributed by atoms with Gasteiger partial charge in [0.05, 0.1) is 52.5 Å². The third-order valence-corrected chi connectivity index (χ3v) is 3.78. The normalized spacial score (nSPS) is 13.0. The van der Waals surface area contributed by atoms with E-state index in [2.05, 4.69) is 18.5 Å². The quantitative estimate of drug-likeness (QED) is 0.0707. The molecule has 0 amide bonds. The first-order chi connectivity index (χ1) is 14.6. The van der Waals surface area contributed by atoms with Crippen molar-refractivity contribution < 1.29 is 38.7 Å². The fourth-order valence-electron chi connectivity index (χ4n) is 2.15.